The fourth-order valence-electron chi connectivity index (χ4n) is 1.83. The molecule has 0 aromatic heterocycles. The molecule has 0 saturated carbocycles. The molecule has 1 rings (SSSR count). The van der Waals surface area contributed by atoms with Crippen molar-refractivity contribution in [1.82, 2.24) is 0 Å². The standard InChI is InChI=1S/C16H19BrN2/c1-3-7-14(10-11-17)12-16(13-18)19(2)15-8-5-4-6-9-15/h3-9,12,14H,10-11H2,1-2H3/b7-3-,16-12+. The minimum atomic E-state index is 0.283. The lowest BCUT2D eigenvalue weighted by Gasteiger charge is -2.19. The van der Waals surface area contributed by atoms with E-state index in [9.17, 15) is 5.26 Å². The van der Waals surface area contributed by atoms with Crippen molar-refractivity contribution in [2.45, 2.75) is 13.3 Å². The van der Waals surface area contributed by atoms with E-state index in [2.05, 4.69) is 28.1 Å². The topological polar surface area (TPSA) is 27.0 Å². The van der Waals surface area contributed by atoms with Crippen LogP contribution in [0.1, 0.15) is 13.3 Å². The Bertz CT molecular complexity index is 471. The molecule has 0 aliphatic rings. The highest BCUT2D eigenvalue weighted by Crippen LogP contribution is 2.19. The van der Waals surface area contributed by atoms with Crippen LogP contribution in [0.5, 0.6) is 0 Å². The van der Waals surface area contributed by atoms with Crippen LogP contribution in [0, 0.1) is 17.2 Å². The first-order chi connectivity index (χ1) is 9.22. The van der Waals surface area contributed by atoms with Gasteiger partial charge in [-0.2, -0.15) is 5.26 Å². The lowest BCUT2D eigenvalue weighted by molar-refractivity contribution is 0.777. The molecule has 0 N–H and O–H groups in total. The van der Waals surface area contributed by atoms with Gasteiger partial charge in [-0.15, -0.1) is 0 Å². The molecule has 1 aromatic carbocycles. The molecule has 1 unspecified atom stereocenters. The van der Waals surface area contributed by atoms with E-state index < -0.39 is 0 Å². The van der Waals surface area contributed by atoms with Crippen LogP contribution in [0.15, 0.2) is 54.3 Å². The summed E-state index contributed by atoms with van der Waals surface area (Å²) >= 11 is 3.45. The van der Waals surface area contributed by atoms with Crippen molar-refractivity contribution in [2.75, 3.05) is 17.3 Å². The van der Waals surface area contributed by atoms with Crippen molar-refractivity contribution < 1.29 is 0 Å². The molecule has 0 radical (unpaired) electrons. The average molecular weight is 319 g/mol. The second-order valence-electron chi connectivity index (χ2n) is 4.23. The maximum absolute atomic E-state index is 9.35. The normalized spacial score (nSPS) is 13.3. The molecule has 1 atom stereocenters. The molecule has 1 aromatic rings. The molecule has 0 bridgehead atoms. The Morgan fingerprint density at radius 2 is 2.11 bits per heavy atom. The van der Waals surface area contributed by atoms with Gasteiger partial charge in [0.25, 0.3) is 0 Å². The highest BCUT2D eigenvalue weighted by Gasteiger charge is 2.09. The Morgan fingerprint density at radius 1 is 1.42 bits per heavy atom. The van der Waals surface area contributed by atoms with E-state index in [1.165, 1.54) is 0 Å². The summed E-state index contributed by atoms with van der Waals surface area (Å²) in [5.41, 5.74) is 1.70. The zero-order chi connectivity index (χ0) is 14.1. The lowest BCUT2D eigenvalue weighted by Crippen LogP contribution is -2.16. The van der Waals surface area contributed by atoms with Gasteiger partial charge < -0.3 is 4.90 Å². The summed E-state index contributed by atoms with van der Waals surface area (Å²) in [6, 6.07) is 12.2. The fourth-order valence-corrected chi connectivity index (χ4v) is 2.35. The van der Waals surface area contributed by atoms with Crippen LogP contribution in [-0.4, -0.2) is 12.4 Å². The summed E-state index contributed by atoms with van der Waals surface area (Å²) in [7, 11) is 1.92. The summed E-state index contributed by atoms with van der Waals surface area (Å²) in [6.45, 7) is 2.00. The third-order valence-corrected chi connectivity index (χ3v) is 3.33. The maximum atomic E-state index is 9.35. The van der Waals surface area contributed by atoms with Crippen LogP contribution in [-0.2, 0) is 0 Å². The number of hydrogen-bond acceptors (Lipinski definition) is 2. The molecule has 0 amide bonds. The van der Waals surface area contributed by atoms with Gasteiger partial charge in [0.15, 0.2) is 0 Å². The summed E-state index contributed by atoms with van der Waals surface area (Å²) in [6.07, 6.45) is 7.16. The predicted molar refractivity (Wildman–Crippen MR) is 85.3 cm³/mol. The number of para-hydroxylation sites is 1. The molecule has 2 nitrogen and oxygen atoms in total. The first-order valence-corrected chi connectivity index (χ1v) is 7.44. The van der Waals surface area contributed by atoms with Crippen LogP contribution in [0.4, 0.5) is 5.69 Å². The molecular formula is C16H19BrN2. The summed E-state index contributed by atoms with van der Waals surface area (Å²) in [5.74, 6) is 0.283. The van der Waals surface area contributed by atoms with Crippen molar-refractivity contribution >= 4 is 21.6 Å². The smallest absolute Gasteiger partial charge is 0.117 e. The van der Waals surface area contributed by atoms with Gasteiger partial charge >= 0.3 is 0 Å². The Morgan fingerprint density at radius 3 is 2.63 bits per heavy atom. The van der Waals surface area contributed by atoms with Crippen LogP contribution in [0.2, 0.25) is 0 Å². The van der Waals surface area contributed by atoms with Crippen LogP contribution >= 0.6 is 15.9 Å². The van der Waals surface area contributed by atoms with Gasteiger partial charge in [-0.1, -0.05) is 46.3 Å². The number of nitrogens with zero attached hydrogens (tertiary/aromatic N) is 2. The number of rotatable bonds is 6. The first kappa shape index (κ1) is 15.5. The van der Waals surface area contributed by atoms with Crippen LogP contribution in [0.3, 0.4) is 0 Å². The molecule has 100 valence electrons. The van der Waals surface area contributed by atoms with Gasteiger partial charge in [0.1, 0.15) is 11.8 Å². The zero-order valence-electron chi connectivity index (χ0n) is 11.4. The second kappa shape index (κ2) is 8.55. The minimum Gasteiger partial charge on any atom is -0.336 e. The number of anilines is 1. The number of allylic oxidation sites excluding steroid dienone is 4. The van der Waals surface area contributed by atoms with E-state index in [1.807, 2.05) is 61.4 Å². The third kappa shape index (κ3) is 4.92. The number of hydrogen-bond donors (Lipinski definition) is 0. The number of nitriles is 1. The van der Waals surface area contributed by atoms with Gasteiger partial charge in [-0.25, -0.2) is 0 Å². The van der Waals surface area contributed by atoms with Gasteiger partial charge in [0.05, 0.1) is 0 Å². The lowest BCUT2D eigenvalue weighted by atomic mass is 10.0. The SMILES string of the molecule is C/C=C\C(/C=C(\C#N)N(C)c1ccccc1)CCBr. The summed E-state index contributed by atoms with van der Waals surface area (Å²) in [4.78, 5) is 1.92. The van der Waals surface area contributed by atoms with E-state index >= 15 is 0 Å². The molecule has 0 spiro atoms. The molecule has 0 heterocycles. The van der Waals surface area contributed by atoms with E-state index in [0.717, 1.165) is 17.4 Å². The average Bonchev–Trinajstić information content (AvgIpc) is 2.45. The van der Waals surface area contributed by atoms with Crippen LogP contribution < -0.4 is 4.90 Å². The third-order valence-electron chi connectivity index (χ3n) is 2.87. The first-order valence-electron chi connectivity index (χ1n) is 6.32. The molecular weight excluding hydrogens is 300 g/mol. The van der Waals surface area contributed by atoms with Gasteiger partial charge in [0, 0.05) is 18.1 Å². The number of halogens is 1. The predicted octanol–water partition coefficient (Wildman–Crippen LogP) is 4.51. The molecule has 19 heavy (non-hydrogen) atoms. The summed E-state index contributed by atoms with van der Waals surface area (Å²) in [5, 5.41) is 10.3. The summed E-state index contributed by atoms with van der Waals surface area (Å²) < 4.78 is 0. The Hall–Kier alpha value is -1.53. The largest absolute Gasteiger partial charge is 0.336 e. The Balaban J connectivity index is 2.96. The maximum Gasteiger partial charge on any atom is 0.117 e. The molecule has 0 fully saturated rings. The molecule has 3 heteroatoms. The van der Waals surface area contributed by atoms with E-state index in [-0.39, 0.29) is 5.92 Å². The molecule has 0 aliphatic heterocycles. The van der Waals surface area contributed by atoms with Crippen molar-refractivity contribution in [1.29, 1.82) is 5.26 Å². The molecule has 0 saturated heterocycles. The minimum absolute atomic E-state index is 0.283. The molecule has 0 aliphatic carbocycles. The van der Waals surface area contributed by atoms with Crippen molar-refractivity contribution in [3.05, 3.63) is 54.3 Å². The van der Waals surface area contributed by atoms with E-state index in [0.29, 0.717) is 5.70 Å². The van der Waals surface area contributed by atoms with Crippen LogP contribution in [0.25, 0.3) is 0 Å². The highest BCUT2D eigenvalue weighted by molar-refractivity contribution is 9.09. The quantitative estimate of drug-likeness (QED) is 0.438. The van der Waals surface area contributed by atoms with E-state index in [4.69, 9.17) is 0 Å². The monoisotopic (exact) mass is 318 g/mol. The zero-order valence-corrected chi connectivity index (χ0v) is 13.0. The van der Waals surface area contributed by atoms with Gasteiger partial charge in [0.2, 0.25) is 0 Å². The fraction of sp³-hybridized carbons (Fsp3) is 0.312. The highest BCUT2D eigenvalue weighted by atomic mass is 79.9. The van der Waals surface area contributed by atoms with Gasteiger partial charge in [-0.3, -0.25) is 0 Å². The Labute approximate surface area is 124 Å². The van der Waals surface area contributed by atoms with Crippen molar-refractivity contribution in [2.24, 2.45) is 5.92 Å². The van der Waals surface area contributed by atoms with E-state index in [1.54, 1.807) is 0 Å². The van der Waals surface area contributed by atoms with Gasteiger partial charge in [-0.05, 0) is 37.5 Å². The van der Waals surface area contributed by atoms with Crippen molar-refractivity contribution in [3.8, 4) is 6.07 Å². The number of alkyl halides is 1. The second-order valence-corrected chi connectivity index (χ2v) is 5.02. The number of benzene rings is 1. The Kier molecular flexibility index (Phi) is 6.99. The van der Waals surface area contributed by atoms with Crippen molar-refractivity contribution in [3.63, 3.8) is 0 Å².